The van der Waals surface area contributed by atoms with Gasteiger partial charge in [0, 0.05) is 26.2 Å². The first-order valence-corrected chi connectivity index (χ1v) is 13.1. The number of benzene rings is 1. The highest BCUT2D eigenvalue weighted by atomic mass is 16.5. The van der Waals surface area contributed by atoms with Gasteiger partial charge in [0.25, 0.3) is 0 Å². The van der Waals surface area contributed by atoms with Crippen LogP contribution in [0.5, 0.6) is 5.75 Å². The molecule has 2 rings (SSSR count). The van der Waals surface area contributed by atoms with Crippen LogP contribution in [0.3, 0.4) is 0 Å². The van der Waals surface area contributed by atoms with Crippen molar-refractivity contribution >= 4 is 0 Å². The minimum Gasteiger partial charge on any atom is -0.494 e. The highest BCUT2D eigenvalue weighted by Gasteiger charge is 2.15. The Labute approximate surface area is 192 Å². The van der Waals surface area contributed by atoms with Crippen LogP contribution in [0.2, 0.25) is 0 Å². The summed E-state index contributed by atoms with van der Waals surface area (Å²) < 4.78 is 5.76. The van der Waals surface area contributed by atoms with Gasteiger partial charge in [0.05, 0.1) is 6.61 Å². The van der Waals surface area contributed by atoms with Crippen molar-refractivity contribution in [3.05, 3.63) is 30.3 Å². The summed E-state index contributed by atoms with van der Waals surface area (Å²) in [6.45, 7) is 13.3. The molecule has 1 fully saturated rings. The molecule has 0 amide bonds. The molecule has 1 aliphatic rings. The van der Waals surface area contributed by atoms with E-state index in [2.05, 4.69) is 28.7 Å². The molecule has 4 nitrogen and oxygen atoms in total. The first-order chi connectivity index (χ1) is 15.3. The van der Waals surface area contributed by atoms with Gasteiger partial charge in [0.2, 0.25) is 0 Å². The Morgan fingerprint density at radius 3 is 1.87 bits per heavy atom. The van der Waals surface area contributed by atoms with Crippen LogP contribution in [0.1, 0.15) is 71.1 Å². The van der Waals surface area contributed by atoms with E-state index in [0.717, 1.165) is 12.4 Å². The molecule has 178 valence electrons. The predicted molar refractivity (Wildman–Crippen MR) is 134 cm³/mol. The molecule has 1 aromatic carbocycles. The quantitative estimate of drug-likeness (QED) is 0.284. The van der Waals surface area contributed by atoms with E-state index in [9.17, 15) is 0 Å². The van der Waals surface area contributed by atoms with Gasteiger partial charge in [-0.3, -0.25) is 0 Å². The lowest BCUT2D eigenvalue weighted by Gasteiger charge is -2.34. The topological polar surface area (TPSA) is 19.0 Å². The van der Waals surface area contributed by atoms with Crippen molar-refractivity contribution in [2.75, 3.05) is 66.0 Å². The molecule has 0 unspecified atom stereocenters. The first-order valence-electron chi connectivity index (χ1n) is 13.1. The molecule has 1 heterocycles. The van der Waals surface area contributed by atoms with Gasteiger partial charge in [0.1, 0.15) is 5.75 Å². The van der Waals surface area contributed by atoms with E-state index in [1.54, 1.807) is 0 Å². The largest absolute Gasteiger partial charge is 0.494 e. The smallest absolute Gasteiger partial charge is 0.119 e. The van der Waals surface area contributed by atoms with E-state index in [4.69, 9.17) is 4.74 Å². The lowest BCUT2D eigenvalue weighted by Crippen LogP contribution is -2.46. The Balaban J connectivity index is 1.33. The Hall–Kier alpha value is -1.10. The number of unbranched alkanes of at least 4 members (excludes halogenated alkanes) is 7. The maximum atomic E-state index is 5.76. The molecule has 31 heavy (non-hydrogen) atoms. The van der Waals surface area contributed by atoms with E-state index >= 15 is 0 Å². The molecular formula is C27H49N3O. The number of para-hydroxylation sites is 1. The van der Waals surface area contributed by atoms with Crippen molar-refractivity contribution in [2.24, 2.45) is 0 Å². The van der Waals surface area contributed by atoms with E-state index in [1.807, 2.05) is 30.3 Å². The number of hydrogen-bond donors (Lipinski definition) is 0. The van der Waals surface area contributed by atoms with E-state index < -0.39 is 0 Å². The third kappa shape index (κ3) is 13.1. The first kappa shape index (κ1) is 26.2. The Kier molecular flexibility index (Phi) is 14.7. The lowest BCUT2D eigenvalue weighted by molar-refractivity contribution is 0.128. The van der Waals surface area contributed by atoms with E-state index in [0.29, 0.717) is 0 Å². The van der Waals surface area contributed by atoms with Gasteiger partial charge in [-0.1, -0.05) is 57.2 Å². The molecule has 0 atom stereocenters. The van der Waals surface area contributed by atoms with Crippen molar-refractivity contribution in [2.45, 2.75) is 71.1 Å². The molecule has 1 aromatic rings. The monoisotopic (exact) mass is 431 g/mol. The average molecular weight is 432 g/mol. The Bertz CT molecular complexity index is 516. The average Bonchev–Trinajstić information content (AvgIpc) is 2.80. The minimum atomic E-state index is 0.853. The second kappa shape index (κ2) is 17.5. The second-order valence-electron chi connectivity index (χ2n) is 9.33. The van der Waals surface area contributed by atoms with Crippen molar-refractivity contribution in [1.29, 1.82) is 0 Å². The molecule has 1 aliphatic heterocycles. The minimum absolute atomic E-state index is 0.853. The number of hydrogen-bond acceptors (Lipinski definition) is 4. The van der Waals surface area contributed by atoms with Crippen molar-refractivity contribution < 1.29 is 4.74 Å². The summed E-state index contributed by atoms with van der Waals surface area (Å²) in [6.07, 6.45) is 13.3. The molecule has 0 N–H and O–H groups in total. The number of rotatable bonds is 18. The van der Waals surface area contributed by atoms with Crippen LogP contribution in [-0.4, -0.2) is 80.7 Å². The summed E-state index contributed by atoms with van der Waals surface area (Å²) in [6, 6.07) is 10.2. The normalized spacial score (nSPS) is 15.6. The predicted octanol–water partition coefficient (Wildman–Crippen LogP) is 5.54. The Morgan fingerprint density at radius 1 is 0.710 bits per heavy atom. The van der Waals surface area contributed by atoms with Crippen LogP contribution >= 0.6 is 0 Å². The molecule has 0 aliphatic carbocycles. The van der Waals surface area contributed by atoms with Crippen LogP contribution < -0.4 is 4.74 Å². The van der Waals surface area contributed by atoms with E-state index in [-0.39, 0.29) is 0 Å². The third-order valence-corrected chi connectivity index (χ3v) is 6.47. The van der Waals surface area contributed by atoms with Gasteiger partial charge in [-0.15, -0.1) is 0 Å². The highest BCUT2D eigenvalue weighted by molar-refractivity contribution is 5.20. The fourth-order valence-corrected chi connectivity index (χ4v) is 4.48. The van der Waals surface area contributed by atoms with Crippen LogP contribution in [0, 0.1) is 0 Å². The van der Waals surface area contributed by atoms with Crippen molar-refractivity contribution in [3.8, 4) is 5.75 Å². The molecule has 0 saturated carbocycles. The van der Waals surface area contributed by atoms with Crippen molar-refractivity contribution in [1.82, 2.24) is 14.7 Å². The summed E-state index contributed by atoms with van der Waals surface area (Å²) in [5.74, 6) is 0.999. The maximum Gasteiger partial charge on any atom is 0.119 e. The van der Waals surface area contributed by atoms with Gasteiger partial charge < -0.3 is 19.4 Å². The fourth-order valence-electron chi connectivity index (χ4n) is 4.48. The molecule has 0 aromatic heterocycles. The summed E-state index contributed by atoms with van der Waals surface area (Å²) in [4.78, 5) is 7.84. The highest BCUT2D eigenvalue weighted by Crippen LogP contribution is 2.12. The van der Waals surface area contributed by atoms with Gasteiger partial charge >= 0.3 is 0 Å². The van der Waals surface area contributed by atoms with Crippen LogP contribution in [0.15, 0.2) is 30.3 Å². The van der Waals surface area contributed by atoms with Gasteiger partial charge in [-0.25, -0.2) is 0 Å². The Morgan fingerprint density at radius 2 is 1.26 bits per heavy atom. The van der Waals surface area contributed by atoms with Crippen molar-refractivity contribution in [3.63, 3.8) is 0 Å². The number of ether oxygens (including phenoxy) is 1. The molecule has 0 radical (unpaired) electrons. The standard InChI is InChI=1S/C27H49N3O/c1-3-18-28(2)19-13-14-21-30-24-22-29(23-25-30)20-12-7-5-4-6-8-15-26-31-27-16-10-9-11-17-27/h9-11,16-17H,3-8,12-15,18-26H2,1-2H3. The zero-order valence-electron chi connectivity index (χ0n) is 20.6. The summed E-state index contributed by atoms with van der Waals surface area (Å²) in [5.41, 5.74) is 0. The molecule has 4 heteroatoms. The maximum absolute atomic E-state index is 5.76. The molecular weight excluding hydrogens is 382 g/mol. The van der Waals surface area contributed by atoms with Crippen LogP contribution in [0.4, 0.5) is 0 Å². The second-order valence-corrected chi connectivity index (χ2v) is 9.33. The molecule has 0 spiro atoms. The van der Waals surface area contributed by atoms with E-state index in [1.165, 1.54) is 117 Å². The summed E-state index contributed by atoms with van der Waals surface area (Å²) in [7, 11) is 2.25. The van der Waals surface area contributed by atoms with Crippen LogP contribution in [-0.2, 0) is 0 Å². The lowest BCUT2D eigenvalue weighted by atomic mass is 10.1. The fraction of sp³-hybridized carbons (Fsp3) is 0.778. The third-order valence-electron chi connectivity index (χ3n) is 6.47. The van der Waals surface area contributed by atoms with Gasteiger partial charge in [0.15, 0.2) is 0 Å². The summed E-state index contributed by atoms with van der Waals surface area (Å²) >= 11 is 0. The van der Waals surface area contributed by atoms with Gasteiger partial charge in [-0.2, -0.15) is 0 Å². The number of piperazine rings is 1. The molecule has 1 saturated heterocycles. The zero-order valence-corrected chi connectivity index (χ0v) is 20.6. The molecule has 0 bridgehead atoms. The zero-order chi connectivity index (χ0) is 22.0. The van der Waals surface area contributed by atoms with Gasteiger partial charge in [-0.05, 0) is 77.5 Å². The summed E-state index contributed by atoms with van der Waals surface area (Å²) in [5, 5.41) is 0. The SMILES string of the molecule is CCCN(C)CCCCN1CCN(CCCCCCCCCOc2ccccc2)CC1. The number of nitrogens with zero attached hydrogens (tertiary/aromatic N) is 3. The van der Waals surface area contributed by atoms with Crippen LogP contribution in [0.25, 0.3) is 0 Å².